The number of nitrogens with one attached hydrogen (secondary N) is 1. The van der Waals surface area contributed by atoms with Gasteiger partial charge in [-0.15, -0.1) is 24.0 Å². The van der Waals surface area contributed by atoms with Crippen molar-refractivity contribution in [3.63, 3.8) is 0 Å². The van der Waals surface area contributed by atoms with Gasteiger partial charge in [0.2, 0.25) is 0 Å². The normalized spacial score (nSPS) is 13.2. The summed E-state index contributed by atoms with van der Waals surface area (Å²) < 4.78 is 5.12. The molecule has 0 radical (unpaired) electrons. The third kappa shape index (κ3) is 9.31. The Hall–Kier alpha value is -3.86. The van der Waals surface area contributed by atoms with Gasteiger partial charge in [-0.25, -0.2) is 14.6 Å². The number of urea groups is 1. The first kappa shape index (κ1) is 32.1. The maximum absolute atomic E-state index is 13.1. The summed E-state index contributed by atoms with van der Waals surface area (Å²) in [5.41, 5.74) is 9.87. The molecule has 1 fully saturated rings. The fourth-order valence-electron chi connectivity index (χ4n) is 4.26. The maximum Gasteiger partial charge on any atom is 0.411 e. The molecule has 43 heavy (non-hydrogen) atoms. The van der Waals surface area contributed by atoms with Crippen LogP contribution < -0.4 is 16.0 Å². The molecule has 5 rings (SSSR count). The van der Waals surface area contributed by atoms with E-state index in [-0.39, 0.29) is 17.7 Å². The summed E-state index contributed by atoms with van der Waals surface area (Å²) in [7, 11) is 0. The first-order valence-electron chi connectivity index (χ1n) is 14.1. The quantitative estimate of drug-likeness (QED) is 0.183. The predicted octanol–water partition coefficient (Wildman–Crippen LogP) is 7.91. The van der Waals surface area contributed by atoms with Crippen LogP contribution in [0.3, 0.4) is 0 Å². The lowest BCUT2D eigenvalue weighted by molar-refractivity contribution is 0.130. The summed E-state index contributed by atoms with van der Waals surface area (Å²) >= 11 is 6.31. The van der Waals surface area contributed by atoms with Crippen LogP contribution in [0.4, 0.5) is 21.0 Å². The zero-order valence-electron chi connectivity index (χ0n) is 25.2. The number of nitrogens with zero attached hydrogens (tertiary/aromatic N) is 3. The van der Waals surface area contributed by atoms with E-state index in [1.807, 2.05) is 105 Å². The second kappa shape index (κ2) is 14.1. The number of carbonyl (C=O) groups excluding carboxylic acids is 2. The van der Waals surface area contributed by atoms with Gasteiger partial charge in [0.15, 0.2) is 0 Å². The summed E-state index contributed by atoms with van der Waals surface area (Å²) in [4.78, 5) is 34.9. The lowest BCUT2D eigenvalue weighted by atomic mass is 10.1. The van der Waals surface area contributed by atoms with Gasteiger partial charge in [-0.1, -0.05) is 36.4 Å². The smallest absolute Gasteiger partial charge is 0.411 e. The van der Waals surface area contributed by atoms with Gasteiger partial charge in [0.25, 0.3) is 0 Å². The van der Waals surface area contributed by atoms with E-state index in [1.165, 1.54) is 0 Å². The molecule has 1 aliphatic heterocycles. The monoisotopic (exact) mass is 617 g/mol. The van der Waals surface area contributed by atoms with Gasteiger partial charge < -0.3 is 15.4 Å². The summed E-state index contributed by atoms with van der Waals surface area (Å²) in [6, 6.07) is 23.4. The number of benzene rings is 3. The molecule has 1 saturated heterocycles. The standard InChI is InChI=1S/C29H28N4O3S2.C4H11N/c1-19(2)36-28(34)31-22-10-8-21(9-11-22)27-30-17-26(38-27)24-13-12-23(16-25(24)37)33-15-14-32(29(33)35)18-20-6-4-3-5-7-20;1-4(2,3)5/h3-13,16-17,19,37H,14-15,18H2,1-2H3,(H,31,34);5H2,1-3H3. The van der Waals surface area contributed by atoms with Crippen LogP contribution in [0.5, 0.6) is 0 Å². The van der Waals surface area contributed by atoms with Crippen molar-refractivity contribution in [1.29, 1.82) is 0 Å². The second-order valence-corrected chi connectivity index (χ2v) is 13.1. The Bertz CT molecular complexity index is 1530. The van der Waals surface area contributed by atoms with Crippen LogP contribution in [0.2, 0.25) is 0 Å². The Kier molecular flexibility index (Phi) is 10.5. The Balaban J connectivity index is 0.000000782. The van der Waals surface area contributed by atoms with Crippen LogP contribution >= 0.6 is 24.0 Å². The van der Waals surface area contributed by atoms with E-state index in [0.717, 1.165) is 37.2 Å². The van der Waals surface area contributed by atoms with E-state index < -0.39 is 6.09 Å². The number of anilines is 2. The number of carbonyl (C=O) groups is 2. The van der Waals surface area contributed by atoms with Gasteiger partial charge >= 0.3 is 12.1 Å². The van der Waals surface area contributed by atoms with Crippen molar-refractivity contribution in [3.05, 3.63) is 84.6 Å². The van der Waals surface area contributed by atoms with Crippen LogP contribution in [0, 0.1) is 0 Å². The molecule has 3 amide bonds. The fourth-order valence-corrected chi connectivity index (χ4v) is 5.62. The Morgan fingerprint density at radius 3 is 2.37 bits per heavy atom. The first-order chi connectivity index (χ1) is 20.4. The zero-order chi connectivity index (χ0) is 31.1. The summed E-state index contributed by atoms with van der Waals surface area (Å²) in [6.45, 7) is 11.4. The highest BCUT2D eigenvalue weighted by molar-refractivity contribution is 7.80. The van der Waals surface area contributed by atoms with Crippen molar-refractivity contribution in [2.45, 2.75) is 57.7 Å². The lowest BCUT2D eigenvalue weighted by Gasteiger charge is -2.19. The van der Waals surface area contributed by atoms with Crippen molar-refractivity contribution < 1.29 is 14.3 Å². The Labute approximate surface area is 263 Å². The minimum absolute atomic E-state index is 0. The predicted molar refractivity (Wildman–Crippen MR) is 179 cm³/mol. The summed E-state index contributed by atoms with van der Waals surface area (Å²) in [5.74, 6) is 0. The third-order valence-corrected chi connectivity index (χ3v) is 7.55. The molecular formula is C33H39N5O3S2. The minimum Gasteiger partial charge on any atom is -0.447 e. The molecule has 0 saturated carbocycles. The first-order valence-corrected chi connectivity index (χ1v) is 15.4. The fraction of sp³-hybridized carbons (Fsp3) is 0.303. The molecule has 8 nitrogen and oxygen atoms in total. The van der Waals surface area contributed by atoms with E-state index in [0.29, 0.717) is 25.3 Å². The molecular weight excluding hydrogens is 579 g/mol. The molecule has 10 heteroatoms. The van der Waals surface area contributed by atoms with Crippen molar-refractivity contribution in [2.75, 3.05) is 23.3 Å². The van der Waals surface area contributed by atoms with Gasteiger partial charge in [-0.05, 0) is 76.6 Å². The van der Waals surface area contributed by atoms with Crippen molar-refractivity contribution >= 4 is 47.5 Å². The molecule has 0 unspecified atom stereocenters. The average molecular weight is 618 g/mol. The molecule has 2 heterocycles. The highest BCUT2D eigenvalue weighted by Crippen LogP contribution is 2.37. The van der Waals surface area contributed by atoms with Crippen LogP contribution in [-0.4, -0.2) is 46.7 Å². The van der Waals surface area contributed by atoms with Crippen LogP contribution in [0.25, 0.3) is 21.0 Å². The topological polar surface area (TPSA) is 101 Å². The van der Waals surface area contributed by atoms with Crippen LogP contribution in [-0.2, 0) is 11.3 Å². The molecule has 0 aliphatic carbocycles. The van der Waals surface area contributed by atoms with E-state index in [9.17, 15) is 9.59 Å². The molecule has 0 spiro atoms. The molecule has 1 aliphatic rings. The van der Waals surface area contributed by atoms with Gasteiger partial charge in [0, 0.05) is 58.8 Å². The van der Waals surface area contributed by atoms with E-state index in [1.54, 1.807) is 30.1 Å². The highest BCUT2D eigenvalue weighted by Gasteiger charge is 2.29. The van der Waals surface area contributed by atoms with Gasteiger partial charge in [0.05, 0.1) is 11.0 Å². The number of thiazole rings is 1. The van der Waals surface area contributed by atoms with Crippen molar-refractivity contribution in [1.82, 2.24) is 9.88 Å². The van der Waals surface area contributed by atoms with Crippen molar-refractivity contribution in [3.8, 4) is 21.0 Å². The number of aromatic nitrogens is 1. The van der Waals surface area contributed by atoms with E-state index in [2.05, 4.69) is 10.3 Å². The van der Waals surface area contributed by atoms with Crippen LogP contribution in [0.1, 0.15) is 40.2 Å². The highest BCUT2D eigenvalue weighted by atomic mass is 32.1. The van der Waals surface area contributed by atoms with Gasteiger partial charge in [-0.3, -0.25) is 10.2 Å². The number of rotatable bonds is 7. The second-order valence-electron chi connectivity index (χ2n) is 11.6. The Morgan fingerprint density at radius 1 is 1.07 bits per heavy atom. The number of hydrogen-bond donors (Lipinski definition) is 3. The van der Waals surface area contributed by atoms with E-state index >= 15 is 0 Å². The summed E-state index contributed by atoms with van der Waals surface area (Å²) in [6.07, 6.45) is 1.18. The molecule has 1 aromatic heterocycles. The number of ether oxygens (including phenoxy) is 1. The van der Waals surface area contributed by atoms with Crippen molar-refractivity contribution in [2.24, 2.45) is 5.73 Å². The Morgan fingerprint density at radius 2 is 1.74 bits per heavy atom. The number of hydrogen-bond acceptors (Lipinski definition) is 7. The SMILES string of the molecule is CC(C)(C)N.CC(C)OC(=O)Nc1ccc(-c2ncc(-c3ccc(N4CCN(Cc5ccccc5)C4=O)cc3S)s2)cc1. The average Bonchev–Trinajstić information content (AvgIpc) is 3.56. The molecule has 3 aromatic carbocycles. The molecule has 4 aromatic rings. The lowest BCUT2D eigenvalue weighted by Crippen LogP contribution is -2.31. The third-order valence-electron chi connectivity index (χ3n) is 6.10. The number of amides is 3. The van der Waals surface area contributed by atoms with Gasteiger partial charge in [0.1, 0.15) is 5.01 Å². The number of thiol groups is 1. The molecule has 226 valence electrons. The van der Waals surface area contributed by atoms with Gasteiger partial charge in [-0.2, -0.15) is 0 Å². The molecule has 3 N–H and O–H groups in total. The minimum atomic E-state index is -0.478. The number of nitrogens with two attached hydrogens (primary N) is 1. The largest absolute Gasteiger partial charge is 0.447 e. The van der Waals surface area contributed by atoms with E-state index in [4.69, 9.17) is 23.1 Å². The maximum atomic E-state index is 13.1. The summed E-state index contributed by atoms with van der Waals surface area (Å²) in [5, 5.41) is 3.58. The molecule has 0 atom stereocenters. The molecule has 0 bridgehead atoms. The zero-order valence-corrected chi connectivity index (χ0v) is 26.9. The van der Waals surface area contributed by atoms with Crippen LogP contribution in [0.15, 0.2) is 83.9 Å².